The second-order valence-electron chi connectivity index (χ2n) is 11.4. The van der Waals surface area contributed by atoms with Gasteiger partial charge in [0.25, 0.3) is 0 Å². The predicted octanol–water partition coefficient (Wildman–Crippen LogP) is 11.3. The molecule has 0 bridgehead atoms. The van der Waals surface area contributed by atoms with Crippen molar-refractivity contribution in [3.8, 4) is 0 Å². The molecule has 1 aliphatic rings. The number of hydrogen-bond acceptors (Lipinski definition) is 0. The molecule has 1 saturated carbocycles. The Balaban J connectivity index is 0.000000427. The van der Waals surface area contributed by atoms with Crippen LogP contribution in [-0.4, -0.2) is 0 Å². The van der Waals surface area contributed by atoms with Gasteiger partial charge in [-0.15, -0.1) is 6.58 Å². The van der Waals surface area contributed by atoms with Gasteiger partial charge in [-0.05, 0) is 93.9 Å². The van der Waals surface area contributed by atoms with E-state index in [2.05, 4.69) is 124 Å². The van der Waals surface area contributed by atoms with Gasteiger partial charge in [-0.25, -0.2) is 0 Å². The summed E-state index contributed by atoms with van der Waals surface area (Å²) >= 11 is 0. The van der Waals surface area contributed by atoms with Gasteiger partial charge in [0, 0.05) is 5.92 Å². The van der Waals surface area contributed by atoms with Crippen LogP contribution in [0.1, 0.15) is 106 Å². The summed E-state index contributed by atoms with van der Waals surface area (Å²) in [6.07, 6.45) is 14.9. The van der Waals surface area contributed by atoms with Crippen molar-refractivity contribution in [2.24, 2.45) is 11.3 Å². The molecule has 1 aliphatic carbocycles. The van der Waals surface area contributed by atoms with Crippen molar-refractivity contribution in [3.63, 3.8) is 0 Å². The van der Waals surface area contributed by atoms with E-state index >= 15 is 0 Å². The molecule has 0 nitrogen and oxygen atoms in total. The maximum Gasteiger partial charge on any atom is 0.00151 e. The lowest BCUT2D eigenvalue weighted by molar-refractivity contribution is 0.215. The van der Waals surface area contributed by atoms with Crippen molar-refractivity contribution in [1.29, 1.82) is 0 Å². The van der Waals surface area contributed by atoms with Crippen LogP contribution in [0, 0.1) is 11.3 Å². The summed E-state index contributed by atoms with van der Waals surface area (Å²) in [5.74, 6) is 1.29. The van der Waals surface area contributed by atoms with E-state index in [1.165, 1.54) is 58.3 Å². The number of benzene rings is 1. The van der Waals surface area contributed by atoms with E-state index in [0.29, 0.717) is 11.3 Å². The van der Waals surface area contributed by atoms with Crippen LogP contribution >= 0.6 is 0 Å². The quantitative estimate of drug-likeness (QED) is 0.273. The third kappa shape index (κ3) is 10.4. The monoisotopic (exact) mass is 472 g/mol. The summed E-state index contributed by atoms with van der Waals surface area (Å²) < 4.78 is 0. The Morgan fingerprint density at radius 3 is 2.17 bits per heavy atom. The van der Waals surface area contributed by atoms with Crippen LogP contribution in [0.25, 0.3) is 0 Å². The first-order valence-electron chi connectivity index (χ1n) is 13.5. The van der Waals surface area contributed by atoms with Crippen LogP contribution in [0.15, 0.2) is 101 Å². The molecule has 0 aliphatic heterocycles. The van der Waals surface area contributed by atoms with Crippen LogP contribution < -0.4 is 0 Å². The van der Waals surface area contributed by atoms with Crippen molar-refractivity contribution in [3.05, 3.63) is 107 Å². The highest BCUT2D eigenvalue weighted by atomic mass is 14.3. The smallest absolute Gasteiger partial charge is 0.00151 e. The summed E-state index contributed by atoms with van der Waals surface area (Å²) in [6.45, 7) is 28.4. The number of hydrogen-bond donors (Lipinski definition) is 0. The van der Waals surface area contributed by atoms with Gasteiger partial charge in [0.2, 0.25) is 0 Å². The second kappa shape index (κ2) is 14.9. The highest BCUT2D eigenvalue weighted by Gasteiger charge is 2.29. The molecule has 0 N–H and O–H groups in total. The number of rotatable bonds is 7. The van der Waals surface area contributed by atoms with Gasteiger partial charge in [0.1, 0.15) is 0 Å². The molecule has 192 valence electrons. The van der Waals surface area contributed by atoms with Crippen LogP contribution in [0.5, 0.6) is 0 Å². The maximum atomic E-state index is 4.33. The van der Waals surface area contributed by atoms with Gasteiger partial charge in [0.15, 0.2) is 0 Å². The van der Waals surface area contributed by atoms with E-state index in [-0.39, 0.29) is 0 Å². The first-order chi connectivity index (χ1) is 16.4. The minimum atomic E-state index is 0.373. The van der Waals surface area contributed by atoms with E-state index in [0.717, 1.165) is 18.8 Å². The average molecular weight is 473 g/mol. The van der Waals surface area contributed by atoms with Gasteiger partial charge in [-0.3, -0.25) is 0 Å². The third-order valence-electron chi connectivity index (χ3n) is 7.39. The fourth-order valence-corrected chi connectivity index (χ4v) is 4.45. The Kier molecular flexibility index (Phi) is 13.1. The fraction of sp³-hybridized carbons (Fsp3) is 0.486. The fourth-order valence-electron chi connectivity index (χ4n) is 4.45. The van der Waals surface area contributed by atoms with Gasteiger partial charge in [-0.2, -0.15) is 0 Å². The lowest BCUT2D eigenvalue weighted by atomic mass is 9.69. The highest BCUT2D eigenvalue weighted by molar-refractivity contribution is 5.47. The molecule has 1 unspecified atom stereocenters. The molecule has 0 heteroatoms. The zero-order chi connectivity index (χ0) is 26.6. The Labute approximate surface area is 218 Å². The molecular weight excluding hydrogens is 420 g/mol. The molecule has 0 radical (unpaired) electrons. The molecule has 0 amide bonds. The molecule has 1 fully saturated rings. The standard InChI is InChI=1S/C23H36.C12H16/c1-10-17(4)19(6)13-20(16(2)3)14-21-15-22(23(7,8)9)12-11-18(21)5;1-3-8-11(4-2)12-9-6-5-7-10-12/h10,13-14,22H,5,11-12,15H2,1-4,6-9H3;4-7,9-11H,2-3,8H2,1H3/b17-10+,19-13+,21-14-;/t;11-/m.1/s1. The Morgan fingerprint density at radius 2 is 1.69 bits per heavy atom. The topological polar surface area (TPSA) is 0 Å². The normalized spacial score (nSPS) is 19.1. The number of allylic oxidation sites excluding steroid dienone is 10. The van der Waals surface area contributed by atoms with Gasteiger partial charge >= 0.3 is 0 Å². The van der Waals surface area contributed by atoms with E-state index in [1.807, 2.05) is 6.08 Å². The zero-order valence-corrected chi connectivity index (χ0v) is 24.3. The largest absolute Gasteiger partial charge is 0.102 e. The van der Waals surface area contributed by atoms with Crippen LogP contribution in [0.4, 0.5) is 0 Å². The molecule has 1 aromatic rings. The van der Waals surface area contributed by atoms with E-state index in [4.69, 9.17) is 0 Å². The average Bonchev–Trinajstić information content (AvgIpc) is 2.82. The third-order valence-corrected chi connectivity index (χ3v) is 7.39. The second-order valence-corrected chi connectivity index (χ2v) is 11.4. The Morgan fingerprint density at radius 1 is 1.06 bits per heavy atom. The predicted molar refractivity (Wildman–Crippen MR) is 160 cm³/mol. The summed E-state index contributed by atoms with van der Waals surface area (Å²) in [5, 5.41) is 0. The van der Waals surface area contributed by atoms with Crippen molar-refractivity contribution >= 4 is 0 Å². The highest BCUT2D eigenvalue weighted by Crippen LogP contribution is 2.42. The molecular formula is C35H52. The minimum absolute atomic E-state index is 0.373. The molecule has 0 saturated heterocycles. The van der Waals surface area contributed by atoms with E-state index in [9.17, 15) is 0 Å². The lowest BCUT2D eigenvalue weighted by Crippen LogP contribution is -2.24. The zero-order valence-electron chi connectivity index (χ0n) is 24.3. The van der Waals surface area contributed by atoms with Crippen molar-refractivity contribution in [1.82, 2.24) is 0 Å². The molecule has 0 aromatic heterocycles. The first kappa shape index (κ1) is 30.7. The molecule has 0 heterocycles. The van der Waals surface area contributed by atoms with Gasteiger partial charge in [0.05, 0.1) is 0 Å². The Bertz CT molecular complexity index is 934. The first-order valence-corrected chi connectivity index (χ1v) is 13.5. The van der Waals surface area contributed by atoms with Crippen LogP contribution in [0.2, 0.25) is 0 Å². The lowest BCUT2D eigenvalue weighted by Gasteiger charge is -2.36. The van der Waals surface area contributed by atoms with Crippen molar-refractivity contribution < 1.29 is 0 Å². The Hall–Kier alpha value is -2.34. The molecule has 1 aromatic carbocycles. The summed E-state index contributed by atoms with van der Waals surface area (Å²) in [7, 11) is 0. The summed E-state index contributed by atoms with van der Waals surface area (Å²) in [6, 6.07) is 10.6. The summed E-state index contributed by atoms with van der Waals surface area (Å²) in [4.78, 5) is 0. The van der Waals surface area contributed by atoms with Gasteiger partial charge < -0.3 is 0 Å². The molecule has 0 spiro atoms. The van der Waals surface area contributed by atoms with E-state index < -0.39 is 0 Å². The van der Waals surface area contributed by atoms with Gasteiger partial charge in [-0.1, -0.05) is 112 Å². The van der Waals surface area contributed by atoms with Crippen molar-refractivity contribution in [2.45, 2.75) is 100 Å². The van der Waals surface area contributed by atoms with E-state index in [1.54, 1.807) is 0 Å². The molecule has 2 atom stereocenters. The maximum absolute atomic E-state index is 4.33. The molecule has 35 heavy (non-hydrogen) atoms. The molecule has 2 rings (SSSR count). The summed E-state index contributed by atoms with van der Waals surface area (Å²) in [5.41, 5.74) is 9.94. The SMILES string of the molecule is C=C1CCC(C(C)(C)C)C/C1=C/C(/C=C(C)/C(C)=C/C)=C(C)C.C=C[C@H](CCC)c1ccccc1. The van der Waals surface area contributed by atoms with Crippen molar-refractivity contribution in [2.75, 3.05) is 0 Å². The minimum Gasteiger partial charge on any atom is -0.102 e. The van der Waals surface area contributed by atoms with Crippen LogP contribution in [-0.2, 0) is 0 Å². The van der Waals surface area contributed by atoms with Crippen LogP contribution in [0.3, 0.4) is 0 Å².